The quantitative estimate of drug-likeness (QED) is 0.115. The molecule has 33 heavy (non-hydrogen) atoms. The van der Waals surface area contributed by atoms with Crippen molar-refractivity contribution in [1.82, 2.24) is 15.5 Å². The van der Waals surface area contributed by atoms with Crippen molar-refractivity contribution in [2.75, 3.05) is 13.1 Å². The second-order valence-electron chi connectivity index (χ2n) is 9.04. The third-order valence-corrected chi connectivity index (χ3v) is 5.60. The highest BCUT2D eigenvalue weighted by molar-refractivity contribution is 5.94. The van der Waals surface area contributed by atoms with E-state index in [0.717, 1.165) is 0 Å². The van der Waals surface area contributed by atoms with E-state index in [4.69, 9.17) is 17.2 Å². The lowest BCUT2D eigenvalue weighted by Gasteiger charge is -2.30. The fourth-order valence-electron chi connectivity index (χ4n) is 3.70. The van der Waals surface area contributed by atoms with E-state index < -0.39 is 42.0 Å². The fourth-order valence-corrected chi connectivity index (χ4v) is 3.70. The molecule has 4 atom stereocenters. The molecule has 0 aromatic rings. The molecular formula is C21H39N7O5. The van der Waals surface area contributed by atoms with Crippen LogP contribution < -0.4 is 27.8 Å². The Morgan fingerprint density at radius 1 is 1.06 bits per heavy atom. The number of likely N-dealkylation sites (tertiary alicyclic amines) is 1. The van der Waals surface area contributed by atoms with Gasteiger partial charge in [0.05, 0.1) is 6.04 Å². The van der Waals surface area contributed by atoms with E-state index >= 15 is 0 Å². The van der Waals surface area contributed by atoms with Gasteiger partial charge in [-0.15, -0.1) is 0 Å². The van der Waals surface area contributed by atoms with Gasteiger partial charge in [-0.2, -0.15) is 0 Å². The molecule has 0 aliphatic carbocycles. The number of carbonyl (C=O) groups excluding carboxylic acids is 3. The first-order valence-corrected chi connectivity index (χ1v) is 11.3. The molecule has 4 unspecified atom stereocenters. The van der Waals surface area contributed by atoms with Crippen LogP contribution in [0.15, 0.2) is 4.99 Å². The summed E-state index contributed by atoms with van der Waals surface area (Å²) < 4.78 is 0. The Balaban J connectivity index is 2.80. The Morgan fingerprint density at radius 3 is 2.18 bits per heavy atom. The number of guanidine groups is 1. The van der Waals surface area contributed by atoms with Gasteiger partial charge in [0.25, 0.3) is 0 Å². The number of amides is 3. The van der Waals surface area contributed by atoms with Crippen molar-refractivity contribution in [1.29, 1.82) is 0 Å². The van der Waals surface area contributed by atoms with Gasteiger partial charge < -0.3 is 37.8 Å². The summed E-state index contributed by atoms with van der Waals surface area (Å²) in [5, 5.41) is 14.5. The summed E-state index contributed by atoms with van der Waals surface area (Å²) in [6, 6.07) is -3.55. The zero-order chi connectivity index (χ0) is 25.3. The van der Waals surface area contributed by atoms with Crippen molar-refractivity contribution in [2.24, 2.45) is 34.0 Å². The second-order valence-corrected chi connectivity index (χ2v) is 9.04. The van der Waals surface area contributed by atoms with Crippen molar-refractivity contribution in [3.8, 4) is 0 Å². The predicted octanol–water partition coefficient (Wildman–Crippen LogP) is -1.28. The van der Waals surface area contributed by atoms with Crippen molar-refractivity contribution in [2.45, 2.75) is 77.5 Å². The molecule has 0 saturated carbocycles. The van der Waals surface area contributed by atoms with Gasteiger partial charge in [-0.25, -0.2) is 4.79 Å². The van der Waals surface area contributed by atoms with E-state index in [9.17, 15) is 24.3 Å². The number of nitrogens with two attached hydrogens (primary N) is 3. The van der Waals surface area contributed by atoms with E-state index in [1.807, 2.05) is 0 Å². The Kier molecular flexibility index (Phi) is 11.1. The molecule has 1 aliphatic rings. The molecule has 9 N–H and O–H groups in total. The van der Waals surface area contributed by atoms with Gasteiger partial charge in [-0.1, -0.05) is 27.7 Å². The van der Waals surface area contributed by atoms with Crippen LogP contribution in [0.2, 0.25) is 0 Å². The average Bonchev–Trinajstić information content (AvgIpc) is 3.21. The molecule has 1 fully saturated rings. The molecule has 1 heterocycles. The number of carboxylic acid groups (broad SMARTS) is 1. The maximum atomic E-state index is 13.0. The number of aliphatic carboxylic acids is 1. The van der Waals surface area contributed by atoms with Gasteiger partial charge >= 0.3 is 5.97 Å². The summed E-state index contributed by atoms with van der Waals surface area (Å²) in [5.74, 6) is -3.17. The van der Waals surface area contributed by atoms with Gasteiger partial charge in [0, 0.05) is 13.1 Å². The van der Waals surface area contributed by atoms with Crippen molar-refractivity contribution < 1.29 is 24.3 Å². The summed E-state index contributed by atoms with van der Waals surface area (Å²) in [4.78, 5) is 55.3. The number of hydrogen-bond acceptors (Lipinski definition) is 6. The summed E-state index contributed by atoms with van der Waals surface area (Å²) >= 11 is 0. The summed E-state index contributed by atoms with van der Waals surface area (Å²) in [6.45, 7) is 7.62. The smallest absolute Gasteiger partial charge is 0.326 e. The number of carbonyl (C=O) groups is 4. The van der Waals surface area contributed by atoms with E-state index in [1.165, 1.54) is 4.90 Å². The highest BCUT2D eigenvalue weighted by Crippen LogP contribution is 2.20. The molecular weight excluding hydrogens is 430 g/mol. The van der Waals surface area contributed by atoms with Gasteiger partial charge in [-0.05, 0) is 37.5 Å². The lowest BCUT2D eigenvalue weighted by Crippen LogP contribution is -2.58. The molecule has 12 nitrogen and oxygen atoms in total. The minimum absolute atomic E-state index is 0.0296. The first-order valence-electron chi connectivity index (χ1n) is 11.3. The van der Waals surface area contributed by atoms with E-state index in [0.29, 0.717) is 38.8 Å². The van der Waals surface area contributed by atoms with E-state index in [-0.39, 0.29) is 23.7 Å². The Morgan fingerprint density at radius 2 is 1.67 bits per heavy atom. The molecule has 0 radical (unpaired) electrons. The normalized spacial score (nSPS) is 18.5. The van der Waals surface area contributed by atoms with Crippen molar-refractivity contribution in [3.05, 3.63) is 0 Å². The summed E-state index contributed by atoms with van der Waals surface area (Å²) in [7, 11) is 0. The van der Waals surface area contributed by atoms with Gasteiger partial charge in [-0.3, -0.25) is 19.4 Å². The summed E-state index contributed by atoms with van der Waals surface area (Å²) in [5.41, 5.74) is 16.6. The first-order chi connectivity index (χ1) is 15.4. The van der Waals surface area contributed by atoms with Crippen molar-refractivity contribution in [3.63, 3.8) is 0 Å². The molecule has 188 valence electrons. The average molecular weight is 470 g/mol. The van der Waals surface area contributed by atoms with Gasteiger partial charge in [0.2, 0.25) is 17.7 Å². The maximum absolute atomic E-state index is 13.0. The number of rotatable bonds is 12. The first kappa shape index (κ1) is 28.1. The Labute approximate surface area is 194 Å². The highest BCUT2D eigenvalue weighted by Gasteiger charge is 2.38. The topological polar surface area (TPSA) is 206 Å². The number of nitrogens with zero attached hydrogens (tertiary/aromatic N) is 2. The van der Waals surface area contributed by atoms with Crippen LogP contribution >= 0.6 is 0 Å². The molecule has 0 aromatic carbocycles. The molecule has 3 amide bonds. The number of carboxylic acids is 1. The molecule has 0 aromatic heterocycles. The SMILES string of the molecule is CC(C)C(NC(=O)C(NC(=O)C1CCCN1C(=O)C(N)CCCN=C(N)N)C(C)C)C(=O)O. The minimum atomic E-state index is -1.14. The molecule has 1 rings (SSSR count). The zero-order valence-corrected chi connectivity index (χ0v) is 19.9. The van der Waals surface area contributed by atoms with Crippen LogP contribution in [-0.2, 0) is 19.2 Å². The predicted molar refractivity (Wildman–Crippen MR) is 124 cm³/mol. The maximum Gasteiger partial charge on any atom is 0.326 e. The molecule has 0 spiro atoms. The van der Waals surface area contributed by atoms with Crippen LogP contribution in [0.3, 0.4) is 0 Å². The molecule has 1 aliphatic heterocycles. The van der Waals surface area contributed by atoms with Gasteiger partial charge in [0.15, 0.2) is 5.96 Å². The van der Waals surface area contributed by atoms with Crippen LogP contribution in [-0.4, -0.2) is 76.9 Å². The van der Waals surface area contributed by atoms with Crippen molar-refractivity contribution >= 4 is 29.7 Å². The highest BCUT2D eigenvalue weighted by atomic mass is 16.4. The molecule has 0 bridgehead atoms. The van der Waals surface area contributed by atoms with E-state index in [2.05, 4.69) is 15.6 Å². The number of aliphatic imine (C=N–C) groups is 1. The standard InChI is InChI=1S/C21H39N7O5/c1-11(2)15(18(30)27-16(12(3)4)20(32)33)26-17(29)14-8-6-10-28(14)19(31)13(22)7-5-9-25-21(23)24/h11-16H,5-10,22H2,1-4H3,(H,26,29)(H,27,30)(H,32,33)(H4,23,24,25). The van der Waals surface area contributed by atoms with Gasteiger partial charge in [0.1, 0.15) is 18.1 Å². The van der Waals surface area contributed by atoms with Crippen LogP contribution in [0, 0.1) is 11.8 Å². The fraction of sp³-hybridized carbons (Fsp3) is 0.762. The Hall–Kier alpha value is -2.89. The third-order valence-electron chi connectivity index (χ3n) is 5.60. The van der Waals surface area contributed by atoms with Crippen LogP contribution in [0.5, 0.6) is 0 Å². The largest absolute Gasteiger partial charge is 0.480 e. The second kappa shape index (κ2) is 13.0. The minimum Gasteiger partial charge on any atom is -0.480 e. The lowest BCUT2D eigenvalue weighted by molar-refractivity contribution is -0.144. The monoisotopic (exact) mass is 469 g/mol. The molecule has 1 saturated heterocycles. The lowest BCUT2D eigenvalue weighted by atomic mass is 9.99. The van der Waals surface area contributed by atoms with E-state index in [1.54, 1.807) is 27.7 Å². The summed E-state index contributed by atoms with van der Waals surface area (Å²) in [6.07, 6.45) is 1.97. The number of nitrogens with one attached hydrogen (secondary N) is 2. The number of hydrogen-bond donors (Lipinski definition) is 6. The third kappa shape index (κ3) is 8.52. The van der Waals surface area contributed by atoms with Crippen LogP contribution in [0.1, 0.15) is 53.4 Å². The Bertz CT molecular complexity index is 737. The molecule has 12 heteroatoms. The van der Waals surface area contributed by atoms with Crippen LogP contribution in [0.4, 0.5) is 0 Å². The zero-order valence-electron chi connectivity index (χ0n) is 19.9. The van der Waals surface area contributed by atoms with Crippen LogP contribution in [0.25, 0.3) is 0 Å².